The predicted molar refractivity (Wildman–Crippen MR) is 75.3 cm³/mol. The summed E-state index contributed by atoms with van der Waals surface area (Å²) >= 11 is 5.96. The SMILES string of the molecule is Cn1c(Cl)cnc1Cn1c2c(ccc1=O)C(=O)CCC2. The van der Waals surface area contributed by atoms with E-state index in [1.807, 2.05) is 0 Å². The van der Waals surface area contributed by atoms with Gasteiger partial charge in [0.1, 0.15) is 11.0 Å². The van der Waals surface area contributed by atoms with Gasteiger partial charge < -0.3 is 9.13 Å². The van der Waals surface area contributed by atoms with Crippen molar-refractivity contribution in [3.05, 3.63) is 50.9 Å². The van der Waals surface area contributed by atoms with Gasteiger partial charge in [-0.3, -0.25) is 9.59 Å². The van der Waals surface area contributed by atoms with Crippen molar-refractivity contribution in [3.63, 3.8) is 0 Å². The third kappa shape index (κ3) is 2.08. The molecule has 1 aliphatic rings. The van der Waals surface area contributed by atoms with Crippen molar-refractivity contribution in [1.29, 1.82) is 0 Å². The van der Waals surface area contributed by atoms with E-state index in [1.165, 1.54) is 6.07 Å². The van der Waals surface area contributed by atoms with Gasteiger partial charge in [-0.15, -0.1) is 0 Å². The van der Waals surface area contributed by atoms with E-state index < -0.39 is 0 Å². The van der Waals surface area contributed by atoms with Crippen molar-refractivity contribution in [2.45, 2.75) is 25.8 Å². The summed E-state index contributed by atoms with van der Waals surface area (Å²) in [5, 5.41) is 0.522. The lowest BCUT2D eigenvalue weighted by atomic mass is 9.94. The number of imidazole rings is 1. The van der Waals surface area contributed by atoms with Crippen molar-refractivity contribution in [3.8, 4) is 0 Å². The Morgan fingerprint density at radius 1 is 1.30 bits per heavy atom. The zero-order valence-electron chi connectivity index (χ0n) is 11.1. The molecule has 6 heteroatoms. The van der Waals surface area contributed by atoms with Crippen molar-refractivity contribution in [1.82, 2.24) is 14.1 Å². The molecule has 0 atom stereocenters. The highest BCUT2D eigenvalue weighted by Gasteiger charge is 2.21. The van der Waals surface area contributed by atoms with E-state index >= 15 is 0 Å². The van der Waals surface area contributed by atoms with Crippen molar-refractivity contribution in [2.24, 2.45) is 7.05 Å². The van der Waals surface area contributed by atoms with Gasteiger partial charge in [0.05, 0.1) is 12.7 Å². The summed E-state index contributed by atoms with van der Waals surface area (Å²) in [7, 11) is 1.80. The number of carbonyl (C=O) groups excluding carboxylic acids is 1. The number of nitrogens with zero attached hydrogens (tertiary/aromatic N) is 3. The maximum atomic E-state index is 12.1. The van der Waals surface area contributed by atoms with Crippen LogP contribution < -0.4 is 5.56 Å². The van der Waals surface area contributed by atoms with E-state index in [2.05, 4.69) is 4.98 Å². The molecular formula is C14H14ClN3O2. The van der Waals surface area contributed by atoms with Crippen LogP contribution in [0.15, 0.2) is 23.1 Å². The molecule has 104 valence electrons. The molecule has 0 bridgehead atoms. The molecule has 2 aromatic heterocycles. The van der Waals surface area contributed by atoms with Crippen LogP contribution in [0.25, 0.3) is 0 Å². The van der Waals surface area contributed by atoms with Gasteiger partial charge in [-0.25, -0.2) is 4.98 Å². The molecule has 0 fully saturated rings. The van der Waals surface area contributed by atoms with Gasteiger partial charge in [0.15, 0.2) is 5.78 Å². The van der Waals surface area contributed by atoms with Crippen LogP contribution in [0, 0.1) is 0 Å². The minimum Gasteiger partial charge on any atom is -0.321 e. The number of halogens is 1. The van der Waals surface area contributed by atoms with Gasteiger partial charge in [-0.05, 0) is 18.9 Å². The summed E-state index contributed by atoms with van der Waals surface area (Å²) in [4.78, 5) is 28.2. The van der Waals surface area contributed by atoms with Crippen LogP contribution in [0.1, 0.15) is 34.7 Å². The van der Waals surface area contributed by atoms with E-state index in [0.29, 0.717) is 29.5 Å². The first kappa shape index (κ1) is 13.1. The number of hydrogen-bond donors (Lipinski definition) is 0. The van der Waals surface area contributed by atoms with E-state index in [0.717, 1.165) is 18.5 Å². The Kier molecular flexibility index (Phi) is 3.22. The molecule has 5 nitrogen and oxygen atoms in total. The standard InChI is InChI=1S/C14H14ClN3O2/c1-17-12(15)7-16-13(17)8-18-10-3-2-4-11(19)9(10)5-6-14(18)20/h5-7H,2-4,8H2,1H3. The number of pyridine rings is 1. The molecular weight excluding hydrogens is 278 g/mol. The van der Waals surface area contributed by atoms with E-state index in [4.69, 9.17) is 11.6 Å². The van der Waals surface area contributed by atoms with E-state index in [-0.39, 0.29) is 11.3 Å². The third-order valence-electron chi connectivity index (χ3n) is 3.74. The lowest BCUT2D eigenvalue weighted by Crippen LogP contribution is -2.29. The highest BCUT2D eigenvalue weighted by Crippen LogP contribution is 2.20. The molecule has 0 aliphatic heterocycles. The Labute approximate surface area is 120 Å². The Bertz CT molecular complexity index is 745. The first-order chi connectivity index (χ1) is 9.58. The Morgan fingerprint density at radius 3 is 2.80 bits per heavy atom. The van der Waals surface area contributed by atoms with Crippen molar-refractivity contribution >= 4 is 17.4 Å². The fourth-order valence-electron chi connectivity index (χ4n) is 2.58. The first-order valence-corrected chi connectivity index (χ1v) is 6.87. The highest BCUT2D eigenvalue weighted by atomic mass is 35.5. The second-order valence-corrected chi connectivity index (χ2v) is 5.34. The highest BCUT2D eigenvalue weighted by molar-refractivity contribution is 6.29. The molecule has 0 saturated heterocycles. The second kappa shape index (κ2) is 4.90. The summed E-state index contributed by atoms with van der Waals surface area (Å²) in [6, 6.07) is 3.09. The van der Waals surface area contributed by atoms with Gasteiger partial charge in [0.2, 0.25) is 0 Å². The monoisotopic (exact) mass is 291 g/mol. The fourth-order valence-corrected chi connectivity index (χ4v) is 2.73. The van der Waals surface area contributed by atoms with Crippen LogP contribution in [0.3, 0.4) is 0 Å². The Morgan fingerprint density at radius 2 is 2.10 bits per heavy atom. The number of Topliss-reactive ketones (excluding diaryl/α,β-unsaturated/α-hetero) is 1. The quantitative estimate of drug-likeness (QED) is 0.848. The van der Waals surface area contributed by atoms with Crippen LogP contribution in [-0.2, 0) is 20.0 Å². The molecule has 0 saturated carbocycles. The summed E-state index contributed by atoms with van der Waals surface area (Å²) in [6.07, 6.45) is 3.65. The molecule has 20 heavy (non-hydrogen) atoms. The van der Waals surface area contributed by atoms with Crippen molar-refractivity contribution < 1.29 is 4.79 Å². The zero-order valence-corrected chi connectivity index (χ0v) is 11.9. The lowest BCUT2D eigenvalue weighted by molar-refractivity contribution is 0.0970. The first-order valence-electron chi connectivity index (χ1n) is 6.50. The largest absolute Gasteiger partial charge is 0.321 e. The van der Waals surface area contributed by atoms with Crippen molar-refractivity contribution in [2.75, 3.05) is 0 Å². The number of aromatic nitrogens is 3. The molecule has 2 aromatic rings. The number of carbonyl (C=O) groups is 1. The minimum atomic E-state index is -0.113. The van der Waals surface area contributed by atoms with E-state index in [1.54, 1.807) is 28.4 Å². The Hall–Kier alpha value is -1.88. The third-order valence-corrected chi connectivity index (χ3v) is 4.09. The van der Waals surface area contributed by atoms with Gasteiger partial charge >= 0.3 is 0 Å². The van der Waals surface area contributed by atoms with Crippen LogP contribution in [0.4, 0.5) is 0 Å². The number of hydrogen-bond acceptors (Lipinski definition) is 3. The van der Waals surface area contributed by atoms with Gasteiger partial charge in [-0.2, -0.15) is 0 Å². The normalized spacial score (nSPS) is 14.4. The molecule has 2 heterocycles. The molecule has 0 radical (unpaired) electrons. The van der Waals surface area contributed by atoms with Gasteiger partial charge in [-0.1, -0.05) is 11.6 Å². The molecule has 0 unspecified atom stereocenters. The topological polar surface area (TPSA) is 56.9 Å². The number of rotatable bonds is 2. The molecule has 3 rings (SSSR count). The summed E-state index contributed by atoms with van der Waals surface area (Å²) < 4.78 is 3.36. The van der Waals surface area contributed by atoms with Crippen LogP contribution in [0.2, 0.25) is 5.15 Å². The summed E-state index contributed by atoms with van der Waals surface area (Å²) in [5.41, 5.74) is 1.36. The van der Waals surface area contributed by atoms with E-state index in [9.17, 15) is 9.59 Å². The van der Waals surface area contributed by atoms with Crippen LogP contribution in [0.5, 0.6) is 0 Å². The Balaban J connectivity index is 2.10. The second-order valence-electron chi connectivity index (χ2n) is 4.95. The average Bonchev–Trinajstić information content (AvgIpc) is 2.74. The van der Waals surface area contributed by atoms with Gasteiger partial charge in [0, 0.05) is 30.8 Å². The lowest BCUT2D eigenvalue weighted by Gasteiger charge is -2.19. The number of ketones is 1. The van der Waals surface area contributed by atoms with Gasteiger partial charge in [0.25, 0.3) is 5.56 Å². The van der Waals surface area contributed by atoms with Crippen LogP contribution in [-0.4, -0.2) is 19.9 Å². The average molecular weight is 292 g/mol. The number of fused-ring (bicyclic) bond motifs is 1. The summed E-state index contributed by atoms with van der Waals surface area (Å²) in [5.74, 6) is 0.807. The molecule has 1 aliphatic carbocycles. The molecule has 0 amide bonds. The zero-order chi connectivity index (χ0) is 14.3. The summed E-state index contributed by atoms with van der Waals surface area (Å²) in [6.45, 7) is 0.332. The molecule has 0 N–H and O–H groups in total. The van der Waals surface area contributed by atoms with Crippen LogP contribution >= 0.6 is 11.6 Å². The predicted octanol–water partition coefficient (Wildman–Crippen LogP) is 1.80. The maximum absolute atomic E-state index is 12.1. The maximum Gasteiger partial charge on any atom is 0.251 e. The fraction of sp³-hybridized carbons (Fsp3) is 0.357. The minimum absolute atomic E-state index is 0.109. The molecule has 0 aromatic carbocycles. The smallest absolute Gasteiger partial charge is 0.251 e. The molecule has 0 spiro atoms.